The second kappa shape index (κ2) is 5.76. The minimum atomic E-state index is -0.826. The van der Waals surface area contributed by atoms with E-state index in [0.29, 0.717) is 13.0 Å². The van der Waals surface area contributed by atoms with Crippen molar-refractivity contribution in [3.63, 3.8) is 0 Å². The zero-order valence-corrected chi connectivity index (χ0v) is 11.6. The molecule has 1 N–H and O–H groups in total. The lowest BCUT2D eigenvalue weighted by Crippen LogP contribution is -2.47. The molecule has 0 aromatic carbocycles. The Morgan fingerprint density at radius 3 is 2.74 bits per heavy atom. The van der Waals surface area contributed by atoms with Gasteiger partial charge >= 0.3 is 0 Å². The Bertz CT molecular complexity index is 329. The third kappa shape index (κ3) is 3.46. The number of rotatable bonds is 6. The van der Waals surface area contributed by atoms with E-state index in [1.807, 2.05) is 13.8 Å². The van der Waals surface area contributed by atoms with Crippen LogP contribution in [0.3, 0.4) is 0 Å². The first kappa shape index (κ1) is 14.7. The first-order valence-corrected chi connectivity index (χ1v) is 6.38. The molecule has 0 aliphatic carbocycles. The fourth-order valence-corrected chi connectivity index (χ4v) is 2.39. The van der Waals surface area contributed by atoms with Crippen LogP contribution in [-0.2, 0) is 23.7 Å². The SMILES string of the molecule is COCOC[C@@]1(CC2COC(C)(C)O2)OC=C[C@H]1O. The summed E-state index contributed by atoms with van der Waals surface area (Å²) < 4.78 is 27.1. The predicted octanol–water partition coefficient (Wildman–Crippen LogP) is 0.792. The molecule has 6 nitrogen and oxygen atoms in total. The number of ether oxygens (including phenoxy) is 5. The van der Waals surface area contributed by atoms with E-state index in [9.17, 15) is 5.11 Å². The number of hydrogen-bond donors (Lipinski definition) is 1. The van der Waals surface area contributed by atoms with E-state index in [-0.39, 0.29) is 19.5 Å². The normalized spacial score (nSPS) is 36.6. The van der Waals surface area contributed by atoms with Crippen LogP contribution >= 0.6 is 0 Å². The predicted molar refractivity (Wildman–Crippen MR) is 66.3 cm³/mol. The van der Waals surface area contributed by atoms with Gasteiger partial charge in [-0.2, -0.15) is 0 Å². The van der Waals surface area contributed by atoms with Gasteiger partial charge in [0.05, 0.1) is 25.6 Å². The van der Waals surface area contributed by atoms with Crippen molar-refractivity contribution in [2.24, 2.45) is 0 Å². The summed E-state index contributed by atoms with van der Waals surface area (Å²) in [7, 11) is 1.55. The monoisotopic (exact) mass is 274 g/mol. The lowest BCUT2D eigenvalue weighted by atomic mass is 9.92. The molecule has 0 amide bonds. The molecule has 110 valence electrons. The van der Waals surface area contributed by atoms with Crippen molar-refractivity contribution in [3.05, 3.63) is 12.3 Å². The van der Waals surface area contributed by atoms with Crippen LogP contribution in [-0.4, -0.2) is 55.8 Å². The van der Waals surface area contributed by atoms with Crippen LogP contribution < -0.4 is 0 Å². The average molecular weight is 274 g/mol. The second-order valence-electron chi connectivity index (χ2n) is 5.37. The van der Waals surface area contributed by atoms with Gasteiger partial charge in [0.2, 0.25) is 0 Å². The maximum absolute atomic E-state index is 10.1. The third-order valence-corrected chi connectivity index (χ3v) is 3.29. The van der Waals surface area contributed by atoms with E-state index in [1.54, 1.807) is 13.2 Å². The minimum absolute atomic E-state index is 0.129. The first-order valence-electron chi connectivity index (χ1n) is 6.38. The molecular formula is C13H22O6. The Balaban J connectivity index is 1.95. The molecule has 1 unspecified atom stereocenters. The topological polar surface area (TPSA) is 66.4 Å². The van der Waals surface area contributed by atoms with Gasteiger partial charge in [0, 0.05) is 13.5 Å². The maximum Gasteiger partial charge on any atom is 0.163 e. The van der Waals surface area contributed by atoms with Gasteiger partial charge in [-0.15, -0.1) is 0 Å². The summed E-state index contributed by atoms with van der Waals surface area (Å²) in [5.74, 6) is -0.587. The van der Waals surface area contributed by atoms with Crippen molar-refractivity contribution in [2.45, 2.75) is 43.9 Å². The van der Waals surface area contributed by atoms with Crippen LogP contribution in [0.5, 0.6) is 0 Å². The van der Waals surface area contributed by atoms with Crippen LogP contribution in [0.1, 0.15) is 20.3 Å². The zero-order chi connectivity index (χ0) is 13.9. The molecule has 6 heteroatoms. The molecule has 0 bridgehead atoms. The standard InChI is InChI=1S/C13H22O6/c1-12(2)18-7-10(19-12)6-13(8-16-9-15-3)11(14)4-5-17-13/h4-5,10-11,14H,6-9H2,1-3H3/t10?,11-,13-/m1/s1. The van der Waals surface area contributed by atoms with Gasteiger partial charge in [0.15, 0.2) is 11.4 Å². The highest BCUT2D eigenvalue weighted by Crippen LogP contribution is 2.34. The summed E-state index contributed by atoms with van der Waals surface area (Å²) in [4.78, 5) is 0. The Morgan fingerprint density at radius 1 is 1.42 bits per heavy atom. The number of aliphatic hydroxyl groups excluding tert-OH is 1. The molecule has 1 saturated heterocycles. The highest BCUT2D eigenvalue weighted by atomic mass is 16.7. The largest absolute Gasteiger partial charge is 0.490 e. The zero-order valence-electron chi connectivity index (χ0n) is 11.6. The van der Waals surface area contributed by atoms with E-state index in [0.717, 1.165) is 0 Å². The van der Waals surface area contributed by atoms with Crippen molar-refractivity contribution < 1.29 is 28.8 Å². The highest BCUT2D eigenvalue weighted by Gasteiger charge is 2.47. The first-order chi connectivity index (χ1) is 8.97. The van der Waals surface area contributed by atoms with Crippen molar-refractivity contribution in [2.75, 3.05) is 27.1 Å². The fraction of sp³-hybridized carbons (Fsp3) is 0.846. The number of methoxy groups -OCH3 is 1. The van der Waals surface area contributed by atoms with Crippen LogP contribution in [0.4, 0.5) is 0 Å². The smallest absolute Gasteiger partial charge is 0.163 e. The average Bonchev–Trinajstić information content (AvgIpc) is 2.85. The van der Waals surface area contributed by atoms with Crippen molar-refractivity contribution >= 4 is 0 Å². The van der Waals surface area contributed by atoms with Crippen LogP contribution in [0.2, 0.25) is 0 Å². The van der Waals surface area contributed by atoms with E-state index in [4.69, 9.17) is 23.7 Å². The molecule has 3 atom stereocenters. The Hall–Kier alpha value is -0.660. The molecule has 0 saturated carbocycles. The summed E-state index contributed by atoms with van der Waals surface area (Å²) in [6, 6.07) is 0. The minimum Gasteiger partial charge on any atom is -0.490 e. The summed E-state index contributed by atoms with van der Waals surface area (Å²) in [5.41, 5.74) is -0.826. The van der Waals surface area contributed by atoms with Gasteiger partial charge in [-0.05, 0) is 19.9 Å². The summed E-state index contributed by atoms with van der Waals surface area (Å²) in [6.45, 7) is 4.60. The molecule has 0 spiro atoms. The van der Waals surface area contributed by atoms with Crippen molar-refractivity contribution in [3.8, 4) is 0 Å². The molecule has 2 rings (SSSR count). The number of hydrogen-bond acceptors (Lipinski definition) is 6. The molecule has 2 heterocycles. The van der Waals surface area contributed by atoms with Gasteiger partial charge < -0.3 is 28.8 Å². The fourth-order valence-electron chi connectivity index (χ4n) is 2.39. The molecule has 2 aliphatic rings. The van der Waals surface area contributed by atoms with E-state index >= 15 is 0 Å². The van der Waals surface area contributed by atoms with Gasteiger partial charge in [-0.1, -0.05) is 0 Å². The Morgan fingerprint density at radius 2 is 2.21 bits per heavy atom. The van der Waals surface area contributed by atoms with Crippen LogP contribution in [0.15, 0.2) is 12.3 Å². The molecule has 0 radical (unpaired) electrons. The second-order valence-corrected chi connectivity index (χ2v) is 5.37. The highest BCUT2D eigenvalue weighted by molar-refractivity contribution is 5.08. The van der Waals surface area contributed by atoms with Gasteiger partial charge in [0.1, 0.15) is 12.9 Å². The molecule has 2 aliphatic heterocycles. The Labute approximate surface area is 113 Å². The molecule has 0 aromatic heterocycles. The van der Waals surface area contributed by atoms with E-state index in [1.165, 1.54) is 6.26 Å². The molecule has 1 fully saturated rings. The van der Waals surface area contributed by atoms with Gasteiger partial charge in [-0.25, -0.2) is 0 Å². The summed E-state index contributed by atoms with van der Waals surface area (Å²) in [5, 5.41) is 10.1. The quantitative estimate of drug-likeness (QED) is 0.570. The van der Waals surface area contributed by atoms with Crippen LogP contribution in [0, 0.1) is 0 Å². The molecular weight excluding hydrogens is 252 g/mol. The third-order valence-electron chi connectivity index (χ3n) is 3.29. The number of aliphatic hydroxyl groups is 1. The van der Waals surface area contributed by atoms with Crippen molar-refractivity contribution in [1.82, 2.24) is 0 Å². The van der Waals surface area contributed by atoms with E-state index < -0.39 is 17.5 Å². The van der Waals surface area contributed by atoms with Gasteiger partial charge in [0.25, 0.3) is 0 Å². The van der Waals surface area contributed by atoms with Gasteiger partial charge in [-0.3, -0.25) is 0 Å². The lowest BCUT2D eigenvalue weighted by molar-refractivity contribution is -0.165. The van der Waals surface area contributed by atoms with E-state index in [2.05, 4.69) is 0 Å². The van der Waals surface area contributed by atoms with Crippen molar-refractivity contribution in [1.29, 1.82) is 0 Å². The molecule has 19 heavy (non-hydrogen) atoms. The Kier molecular flexibility index (Phi) is 4.47. The lowest BCUT2D eigenvalue weighted by Gasteiger charge is -2.33. The van der Waals surface area contributed by atoms with Crippen LogP contribution in [0.25, 0.3) is 0 Å². The summed E-state index contributed by atoms with van der Waals surface area (Å²) >= 11 is 0. The molecule has 0 aromatic rings. The maximum atomic E-state index is 10.1. The summed E-state index contributed by atoms with van der Waals surface area (Å²) in [6.07, 6.45) is 2.75.